The highest BCUT2D eigenvalue weighted by Crippen LogP contribution is 2.22. The van der Waals surface area contributed by atoms with Gasteiger partial charge in [-0.15, -0.1) is 0 Å². The molecule has 2 N–H and O–H groups in total. The van der Waals surface area contributed by atoms with Gasteiger partial charge in [0.1, 0.15) is 17.2 Å². The van der Waals surface area contributed by atoms with E-state index in [1.165, 1.54) is 12.1 Å². The van der Waals surface area contributed by atoms with Crippen molar-refractivity contribution < 1.29 is 28.3 Å². The second-order valence-electron chi connectivity index (χ2n) is 9.16. The Morgan fingerprint density at radius 2 is 1.75 bits per heavy atom. The van der Waals surface area contributed by atoms with E-state index in [9.17, 15) is 19.2 Å². The fourth-order valence-electron chi connectivity index (χ4n) is 3.56. The van der Waals surface area contributed by atoms with Gasteiger partial charge in [-0.2, -0.15) is 0 Å². The van der Waals surface area contributed by atoms with Crippen molar-refractivity contribution in [2.24, 2.45) is 0 Å². The van der Waals surface area contributed by atoms with Crippen molar-refractivity contribution in [2.45, 2.75) is 52.2 Å². The Kier molecular flexibility index (Phi) is 8.47. The third kappa shape index (κ3) is 7.69. The predicted octanol–water partition coefficient (Wildman–Crippen LogP) is 3.97. The number of anilines is 1. The molecule has 9 nitrogen and oxygen atoms in total. The number of alkyl carbamates (subject to hydrolysis) is 1. The van der Waals surface area contributed by atoms with E-state index in [2.05, 4.69) is 10.6 Å². The quantitative estimate of drug-likeness (QED) is 0.359. The SMILES string of the molecule is CCOC(=O)Cc1cc(=O)oc2cc(NC(=O)[C@H](Cc3ccccc3)NC(=O)OC(C)(C)C)ccc12. The number of carbonyl (C=O) groups is 3. The van der Waals surface area contributed by atoms with E-state index in [4.69, 9.17) is 13.9 Å². The molecule has 0 bridgehead atoms. The number of nitrogens with one attached hydrogen (secondary N) is 2. The molecule has 0 aliphatic heterocycles. The first-order valence-corrected chi connectivity index (χ1v) is 11.6. The van der Waals surface area contributed by atoms with Crippen molar-refractivity contribution in [3.8, 4) is 0 Å². The highest BCUT2D eigenvalue weighted by Gasteiger charge is 2.25. The fraction of sp³-hybridized carbons (Fsp3) is 0.333. The first-order chi connectivity index (χ1) is 17.0. The maximum atomic E-state index is 13.2. The Morgan fingerprint density at radius 1 is 1.03 bits per heavy atom. The molecule has 1 heterocycles. The summed E-state index contributed by atoms with van der Waals surface area (Å²) in [6.45, 7) is 7.14. The number of hydrogen-bond acceptors (Lipinski definition) is 7. The van der Waals surface area contributed by atoms with E-state index < -0.39 is 35.2 Å². The van der Waals surface area contributed by atoms with Crippen LogP contribution in [0, 0.1) is 0 Å². The van der Waals surface area contributed by atoms with Crippen LogP contribution in [0.2, 0.25) is 0 Å². The number of ether oxygens (including phenoxy) is 2. The second-order valence-corrected chi connectivity index (χ2v) is 9.16. The molecule has 0 spiro atoms. The molecule has 1 aromatic heterocycles. The van der Waals surface area contributed by atoms with Gasteiger partial charge < -0.3 is 24.5 Å². The number of esters is 1. The third-order valence-electron chi connectivity index (χ3n) is 5.03. The van der Waals surface area contributed by atoms with Crippen molar-refractivity contribution in [1.82, 2.24) is 5.32 Å². The summed E-state index contributed by atoms with van der Waals surface area (Å²) in [5.74, 6) is -0.937. The Hall–Kier alpha value is -4.14. The average Bonchev–Trinajstić information content (AvgIpc) is 2.78. The van der Waals surface area contributed by atoms with Gasteiger partial charge in [-0.3, -0.25) is 9.59 Å². The normalized spacial score (nSPS) is 12.0. The minimum atomic E-state index is -0.930. The van der Waals surface area contributed by atoms with Crippen LogP contribution in [0.15, 0.2) is 63.8 Å². The standard InChI is InChI=1S/C27H30N2O7/c1-5-34-23(30)14-18-15-24(31)35-22-16-19(11-12-20(18)22)28-25(32)21(13-17-9-7-6-8-10-17)29-26(33)36-27(2,3)4/h6-12,15-16,21H,5,13-14H2,1-4H3,(H,28,32)(H,29,33)/t21-/m0/s1. The fourth-order valence-corrected chi connectivity index (χ4v) is 3.56. The molecule has 9 heteroatoms. The van der Waals surface area contributed by atoms with Crippen LogP contribution in [0.4, 0.5) is 10.5 Å². The Morgan fingerprint density at radius 3 is 2.42 bits per heavy atom. The monoisotopic (exact) mass is 494 g/mol. The van der Waals surface area contributed by atoms with E-state index in [1.54, 1.807) is 39.8 Å². The number of benzene rings is 2. The molecule has 2 aromatic carbocycles. The lowest BCUT2D eigenvalue weighted by Crippen LogP contribution is -2.47. The van der Waals surface area contributed by atoms with Crippen LogP contribution >= 0.6 is 0 Å². The Balaban J connectivity index is 1.83. The minimum Gasteiger partial charge on any atom is -0.466 e. The zero-order valence-electron chi connectivity index (χ0n) is 20.8. The van der Waals surface area contributed by atoms with Gasteiger partial charge >= 0.3 is 17.7 Å². The molecule has 0 saturated heterocycles. The van der Waals surface area contributed by atoms with Gasteiger partial charge in [0, 0.05) is 29.6 Å². The molecule has 36 heavy (non-hydrogen) atoms. The average molecular weight is 495 g/mol. The zero-order chi connectivity index (χ0) is 26.3. The number of fused-ring (bicyclic) bond motifs is 1. The summed E-state index contributed by atoms with van der Waals surface area (Å²) in [6.07, 6.45) is -0.564. The van der Waals surface area contributed by atoms with Gasteiger partial charge in [-0.05, 0) is 51.0 Å². The number of carbonyl (C=O) groups excluding carboxylic acids is 3. The number of amides is 2. The van der Waals surface area contributed by atoms with E-state index in [1.807, 2.05) is 30.3 Å². The zero-order valence-corrected chi connectivity index (χ0v) is 20.8. The van der Waals surface area contributed by atoms with Crippen molar-refractivity contribution in [1.29, 1.82) is 0 Å². The van der Waals surface area contributed by atoms with Crippen LogP contribution in [0.25, 0.3) is 11.0 Å². The molecule has 0 aliphatic rings. The summed E-state index contributed by atoms with van der Waals surface area (Å²) in [7, 11) is 0. The predicted molar refractivity (Wildman–Crippen MR) is 135 cm³/mol. The van der Waals surface area contributed by atoms with Crippen LogP contribution in [-0.2, 0) is 31.9 Å². The van der Waals surface area contributed by atoms with Crippen LogP contribution in [0.1, 0.15) is 38.8 Å². The lowest BCUT2D eigenvalue weighted by atomic mass is 10.0. The van der Waals surface area contributed by atoms with Crippen molar-refractivity contribution in [3.05, 3.63) is 76.1 Å². The molecule has 0 unspecified atom stereocenters. The maximum Gasteiger partial charge on any atom is 0.408 e. The van der Waals surface area contributed by atoms with E-state index >= 15 is 0 Å². The molecule has 0 fully saturated rings. The summed E-state index contributed by atoms with van der Waals surface area (Å²) >= 11 is 0. The Bertz CT molecular complexity index is 1290. The number of hydrogen-bond donors (Lipinski definition) is 2. The van der Waals surface area contributed by atoms with Gasteiger partial charge in [0.25, 0.3) is 0 Å². The summed E-state index contributed by atoms with van der Waals surface area (Å²) in [4.78, 5) is 49.5. The second kappa shape index (κ2) is 11.5. The van der Waals surface area contributed by atoms with Gasteiger partial charge in [0.15, 0.2) is 0 Å². The molecule has 190 valence electrons. The number of rotatable bonds is 8. The highest BCUT2D eigenvalue weighted by atomic mass is 16.6. The van der Waals surface area contributed by atoms with Crippen molar-refractivity contribution >= 4 is 34.6 Å². The lowest BCUT2D eigenvalue weighted by Gasteiger charge is -2.23. The first-order valence-electron chi connectivity index (χ1n) is 11.6. The molecule has 0 radical (unpaired) electrons. The van der Waals surface area contributed by atoms with Gasteiger partial charge in [0.05, 0.1) is 13.0 Å². The van der Waals surface area contributed by atoms with E-state index in [0.29, 0.717) is 16.6 Å². The summed E-state index contributed by atoms with van der Waals surface area (Å²) in [6, 6.07) is 14.3. The largest absolute Gasteiger partial charge is 0.466 e. The molecule has 0 aliphatic carbocycles. The molecule has 0 saturated carbocycles. The van der Waals surface area contributed by atoms with E-state index in [-0.39, 0.29) is 25.0 Å². The van der Waals surface area contributed by atoms with Crippen LogP contribution in [0.3, 0.4) is 0 Å². The molecule has 3 aromatic rings. The van der Waals surface area contributed by atoms with Gasteiger partial charge in [0.2, 0.25) is 5.91 Å². The minimum absolute atomic E-state index is 0.0827. The van der Waals surface area contributed by atoms with Crippen LogP contribution in [-0.4, -0.2) is 36.2 Å². The molecular formula is C27H30N2O7. The smallest absolute Gasteiger partial charge is 0.408 e. The molecule has 1 atom stereocenters. The topological polar surface area (TPSA) is 124 Å². The van der Waals surface area contributed by atoms with Gasteiger partial charge in [-0.25, -0.2) is 9.59 Å². The maximum absolute atomic E-state index is 13.2. The summed E-state index contributed by atoms with van der Waals surface area (Å²) in [5, 5.41) is 5.94. The first kappa shape index (κ1) is 26.5. The van der Waals surface area contributed by atoms with Crippen LogP contribution in [0.5, 0.6) is 0 Å². The molecule has 3 rings (SSSR count). The van der Waals surface area contributed by atoms with Crippen LogP contribution < -0.4 is 16.3 Å². The highest BCUT2D eigenvalue weighted by molar-refractivity contribution is 5.98. The molecule has 2 amide bonds. The van der Waals surface area contributed by atoms with Crippen molar-refractivity contribution in [3.63, 3.8) is 0 Å². The summed E-state index contributed by atoms with van der Waals surface area (Å²) in [5.41, 5.74) is 0.522. The Labute approximate surface area is 208 Å². The van der Waals surface area contributed by atoms with Gasteiger partial charge in [-0.1, -0.05) is 30.3 Å². The molecular weight excluding hydrogens is 464 g/mol. The third-order valence-corrected chi connectivity index (χ3v) is 5.03. The lowest BCUT2D eigenvalue weighted by molar-refractivity contribution is -0.142. The van der Waals surface area contributed by atoms with E-state index in [0.717, 1.165) is 5.56 Å². The van der Waals surface area contributed by atoms with Crippen molar-refractivity contribution in [2.75, 3.05) is 11.9 Å². The summed E-state index contributed by atoms with van der Waals surface area (Å²) < 4.78 is 15.6.